The Morgan fingerprint density at radius 1 is 1.12 bits per heavy atom. The number of aryl methyl sites for hydroxylation is 1. The number of likely N-dealkylation sites (tertiary alicyclic amines) is 1. The lowest BCUT2D eigenvalue weighted by Gasteiger charge is -2.41. The maximum absolute atomic E-state index is 12.7. The van der Waals surface area contributed by atoms with Crippen molar-refractivity contribution >= 4 is 16.8 Å². The van der Waals surface area contributed by atoms with Gasteiger partial charge >= 0.3 is 0 Å². The molecule has 1 saturated heterocycles. The fourth-order valence-electron chi connectivity index (χ4n) is 4.53. The van der Waals surface area contributed by atoms with Crippen molar-refractivity contribution in [2.45, 2.75) is 45.1 Å². The normalized spacial score (nSPS) is 23.4. The van der Waals surface area contributed by atoms with E-state index in [1.165, 1.54) is 31.9 Å². The van der Waals surface area contributed by atoms with Crippen molar-refractivity contribution in [2.75, 3.05) is 13.1 Å². The molecule has 2 atom stereocenters. The number of aromatic nitrogens is 2. The van der Waals surface area contributed by atoms with Crippen LogP contribution < -0.4 is 5.43 Å². The summed E-state index contributed by atoms with van der Waals surface area (Å²) < 4.78 is 1.78. The molecule has 4 rings (SSSR count). The van der Waals surface area contributed by atoms with E-state index >= 15 is 0 Å². The van der Waals surface area contributed by atoms with Crippen molar-refractivity contribution < 1.29 is 4.79 Å². The molecule has 2 aromatic rings. The lowest BCUT2D eigenvalue weighted by atomic mass is 9.75. The largest absolute Gasteiger partial charge is 0.342 e. The Morgan fingerprint density at radius 2 is 1.92 bits per heavy atom. The molecule has 0 bridgehead atoms. The first kappa shape index (κ1) is 16.3. The summed E-state index contributed by atoms with van der Waals surface area (Å²) in [5.41, 5.74) is 0.728. The van der Waals surface area contributed by atoms with Gasteiger partial charge in [-0.2, -0.15) is 5.10 Å². The second-order valence-electron chi connectivity index (χ2n) is 7.43. The van der Waals surface area contributed by atoms with E-state index < -0.39 is 0 Å². The average Bonchev–Trinajstić information content (AvgIpc) is 2.67. The molecule has 0 N–H and O–H groups in total. The van der Waals surface area contributed by atoms with E-state index in [-0.39, 0.29) is 11.3 Å². The molecule has 1 aliphatic heterocycles. The smallest absolute Gasteiger partial charge is 0.224 e. The van der Waals surface area contributed by atoms with Crippen LogP contribution in [0.5, 0.6) is 0 Å². The van der Waals surface area contributed by atoms with Crippen LogP contribution in [0, 0.1) is 11.8 Å². The highest BCUT2D eigenvalue weighted by molar-refractivity contribution is 5.79. The zero-order chi connectivity index (χ0) is 17.2. The molecule has 1 saturated carbocycles. The van der Waals surface area contributed by atoms with E-state index in [0.29, 0.717) is 24.3 Å². The summed E-state index contributed by atoms with van der Waals surface area (Å²) in [5, 5.41) is 4.88. The number of piperidine rings is 1. The Kier molecular flexibility index (Phi) is 4.55. The predicted molar refractivity (Wildman–Crippen MR) is 97.3 cm³/mol. The SMILES string of the molecule is O=C(CCn1ncc(=O)c2ccccc21)N1CC[C@H]2CCCC[C@@H]2C1. The number of fused-ring (bicyclic) bond motifs is 2. The van der Waals surface area contributed by atoms with Crippen LogP contribution in [0.25, 0.3) is 10.9 Å². The Bertz CT molecular complexity index is 829. The number of hydrogen-bond donors (Lipinski definition) is 0. The number of hydrogen-bond acceptors (Lipinski definition) is 3. The molecule has 5 heteroatoms. The molecule has 2 heterocycles. The third kappa shape index (κ3) is 3.32. The molecular weight excluding hydrogens is 314 g/mol. The van der Waals surface area contributed by atoms with Crippen molar-refractivity contribution in [2.24, 2.45) is 11.8 Å². The highest BCUT2D eigenvalue weighted by atomic mass is 16.2. The lowest BCUT2D eigenvalue weighted by molar-refractivity contribution is -0.134. The first-order valence-corrected chi connectivity index (χ1v) is 9.45. The van der Waals surface area contributed by atoms with Gasteiger partial charge in [0.15, 0.2) is 0 Å². The van der Waals surface area contributed by atoms with Crippen LogP contribution in [-0.4, -0.2) is 33.7 Å². The maximum Gasteiger partial charge on any atom is 0.224 e. The van der Waals surface area contributed by atoms with Crippen molar-refractivity contribution in [3.8, 4) is 0 Å². The van der Waals surface area contributed by atoms with Gasteiger partial charge < -0.3 is 4.90 Å². The minimum Gasteiger partial charge on any atom is -0.342 e. The fourth-order valence-corrected chi connectivity index (χ4v) is 4.53. The van der Waals surface area contributed by atoms with Gasteiger partial charge in [0.25, 0.3) is 0 Å². The zero-order valence-electron chi connectivity index (χ0n) is 14.6. The number of para-hydroxylation sites is 1. The molecule has 0 radical (unpaired) electrons. The predicted octanol–water partition coefficient (Wildman–Crippen LogP) is 2.83. The van der Waals surface area contributed by atoms with E-state index in [2.05, 4.69) is 10.00 Å². The van der Waals surface area contributed by atoms with Crippen LogP contribution in [0.1, 0.15) is 38.5 Å². The van der Waals surface area contributed by atoms with Gasteiger partial charge in [-0.15, -0.1) is 0 Å². The summed E-state index contributed by atoms with van der Waals surface area (Å²) >= 11 is 0. The highest BCUT2D eigenvalue weighted by Crippen LogP contribution is 2.36. The van der Waals surface area contributed by atoms with Crippen LogP contribution >= 0.6 is 0 Å². The number of carbonyl (C=O) groups is 1. The number of amides is 1. The van der Waals surface area contributed by atoms with Gasteiger partial charge in [-0.05, 0) is 36.8 Å². The molecular formula is C20H25N3O2. The van der Waals surface area contributed by atoms with E-state index in [1.807, 2.05) is 24.3 Å². The van der Waals surface area contributed by atoms with Crippen LogP contribution in [-0.2, 0) is 11.3 Å². The number of nitrogens with zero attached hydrogens (tertiary/aromatic N) is 3. The van der Waals surface area contributed by atoms with E-state index in [1.54, 1.807) is 4.68 Å². The minimum absolute atomic E-state index is 0.0717. The fraction of sp³-hybridized carbons (Fsp3) is 0.550. The first-order chi connectivity index (χ1) is 12.2. The maximum atomic E-state index is 12.7. The molecule has 5 nitrogen and oxygen atoms in total. The summed E-state index contributed by atoms with van der Waals surface area (Å²) in [6.45, 7) is 2.35. The van der Waals surface area contributed by atoms with Crippen LogP contribution in [0.2, 0.25) is 0 Å². The summed E-state index contributed by atoms with van der Waals surface area (Å²) in [6, 6.07) is 7.45. The average molecular weight is 339 g/mol. The standard InChI is InChI=1S/C20H25N3O2/c24-19-13-21-23(18-8-4-3-7-17(18)19)12-10-20(25)22-11-9-15-5-1-2-6-16(15)14-22/h3-4,7-8,13,15-16H,1-2,5-6,9-12,14H2/t15-,16-/m1/s1. The molecule has 1 aromatic heterocycles. The van der Waals surface area contributed by atoms with Gasteiger partial charge in [-0.1, -0.05) is 31.4 Å². The topological polar surface area (TPSA) is 55.2 Å². The van der Waals surface area contributed by atoms with Crippen molar-refractivity contribution in [1.82, 2.24) is 14.7 Å². The van der Waals surface area contributed by atoms with Crippen molar-refractivity contribution in [1.29, 1.82) is 0 Å². The Balaban J connectivity index is 1.42. The molecule has 0 spiro atoms. The van der Waals surface area contributed by atoms with Crippen LogP contribution in [0.3, 0.4) is 0 Å². The van der Waals surface area contributed by atoms with Gasteiger partial charge in [-0.3, -0.25) is 14.3 Å². The molecule has 132 valence electrons. The van der Waals surface area contributed by atoms with Crippen molar-refractivity contribution in [3.05, 3.63) is 40.7 Å². The molecule has 2 fully saturated rings. The van der Waals surface area contributed by atoms with E-state index in [4.69, 9.17) is 0 Å². The van der Waals surface area contributed by atoms with Crippen molar-refractivity contribution in [3.63, 3.8) is 0 Å². The van der Waals surface area contributed by atoms with Crippen LogP contribution in [0.4, 0.5) is 0 Å². The Morgan fingerprint density at radius 3 is 2.80 bits per heavy atom. The second kappa shape index (κ2) is 6.98. The third-order valence-electron chi connectivity index (χ3n) is 5.94. The molecule has 1 amide bonds. The molecule has 0 unspecified atom stereocenters. The van der Waals surface area contributed by atoms with Gasteiger partial charge in [0, 0.05) is 24.9 Å². The number of carbonyl (C=O) groups excluding carboxylic acids is 1. The number of benzene rings is 1. The summed E-state index contributed by atoms with van der Waals surface area (Å²) in [4.78, 5) is 26.6. The highest BCUT2D eigenvalue weighted by Gasteiger charge is 2.32. The van der Waals surface area contributed by atoms with E-state index in [0.717, 1.165) is 30.9 Å². The minimum atomic E-state index is -0.0717. The Labute approximate surface area is 147 Å². The quantitative estimate of drug-likeness (QED) is 0.864. The molecule has 25 heavy (non-hydrogen) atoms. The van der Waals surface area contributed by atoms with Gasteiger partial charge in [0.1, 0.15) is 0 Å². The van der Waals surface area contributed by atoms with Crippen LogP contribution in [0.15, 0.2) is 35.3 Å². The van der Waals surface area contributed by atoms with Gasteiger partial charge in [-0.25, -0.2) is 0 Å². The van der Waals surface area contributed by atoms with Gasteiger partial charge in [0.2, 0.25) is 11.3 Å². The Hall–Kier alpha value is -2.17. The summed E-state index contributed by atoms with van der Waals surface area (Å²) in [7, 11) is 0. The third-order valence-corrected chi connectivity index (χ3v) is 5.94. The second-order valence-corrected chi connectivity index (χ2v) is 7.43. The number of rotatable bonds is 3. The molecule has 2 aliphatic rings. The van der Waals surface area contributed by atoms with Gasteiger partial charge in [0.05, 0.1) is 18.3 Å². The summed E-state index contributed by atoms with van der Waals surface area (Å²) in [5.74, 6) is 1.76. The van der Waals surface area contributed by atoms with E-state index in [9.17, 15) is 9.59 Å². The monoisotopic (exact) mass is 339 g/mol. The first-order valence-electron chi connectivity index (χ1n) is 9.45. The molecule has 1 aromatic carbocycles. The molecule has 1 aliphatic carbocycles. The lowest BCUT2D eigenvalue weighted by Crippen LogP contribution is -2.45. The zero-order valence-corrected chi connectivity index (χ0v) is 14.6. The summed E-state index contributed by atoms with van der Waals surface area (Å²) in [6.07, 6.45) is 8.25.